The molecule has 1 aliphatic heterocycles. The maximum absolute atomic E-state index is 14.7. The number of piperazine rings is 1. The van der Waals surface area contributed by atoms with E-state index < -0.39 is 23.5 Å². The predicted molar refractivity (Wildman–Crippen MR) is 96.7 cm³/mol. The van der Waals surface area contributed by atoms with Gasteiger partial charge in [-0.3, -0.25) is 4.98 Å². The number of rotatable bonds is 2. The molecule has 10 heteroatoms. The molecule has 0 N–H and O–H groups in total. The summed E-state index contributed by atoms with van der Waals surface area (Å²) in [6, 6.07) is 3.89. The van der Waals surface area contributed by atoms with E-state index in [1.165, 1.54) is 18.3 Å². The van der Waals surface area contributed by atoms with Crippen molar-refractivity contribution in [3.8, 4) is 0 Å². The number of halogens is 6. The van der Waals surface area contributed by atoms with Crippen LogP contribution in [0.15, 0.2) is 30.5 Å². The number of anilines is 1. The van der Waals surface area contributed by atoms with Crippen LogP contribution in [0.25, 0.3) is 21.8 Å². The summed E-state index contributed by atoms with van der Waals surface area (Å²) in [4.78, 5) is 12.5. The van der Waals surface area contributed by atoms with Gasteiger partial charge in [-0.05, 0) is 25.2 Å². The number of hydrogen-bond donors (Lipinski definition) is 0. The molecule has 0 bridgehead atoms. The molecule has 29 heavy (non-hydrogen) atoms. The molecular formula is C19H16F6N4. The average molecular weight is 414 g/mol. The lowest BCUT2D eigenvalue weighted by atomic mass is 10.0. The number of likely N-dealkylation sites (N-methyl/N-ethyl adjacent to an activating group) is 1. The van der Waals surface area contributed by atoms with Crippen LogP contribution in [0, 0.1) is 5.82 Å². The normalized spacial score (nSPS) is 16.7. The van der Waals surface area contributed by atoms with Crippen molar-refractivity contribution in [2.75, 3.05) is 38.1 Å². The van der Waals surface area contributed by atoms with Crippen LogP contribution in [-0.4, -0.2) is 54.3 Å². The Hall–Kier alpha value is -2.62. The molecule has 1 aliphatic rings. The minimum absolute atomic E-state index is 0.134. The van der Waals surface area contributed by atoms with Crippen LogP contribution >= 0.6 is 0 Å². The van der Waals surface area contributed by atoms with E-state index in [9.17, 15) is 26.3 Å². The first kappa shape index (κ1) is 19.7. The zero-order valence-corrected chi connectivity index (χ0v) is 15.3. The number of benzene rings is 1. The zero-order chi connectivity index (χ0) is 21.0. The van der Waals surface area contributed by atoms with Crippen LogP contribution < -0.4 is 4.90 Å². The summed E-state index contributed by atoms with van der Waals surface area (Å²) in [6.45, 7) is 2.69. The Kier molecular flexibility index (Phi) is 4.56. The molecule has 3 aromatic rings. The number of pyridine rings is 2. The van der Waals surface area contributed by atoms with Crippen LogP contribution in [-0.2, 0) is 5.92 Å². The van der Waals surface area contributed by atoms with Gasteiger partial charge in [-0.2, -0.15) is 22.0 Å². The van der Waals surface area contributed by atoms with Crippen LogP contribution in [0.3, 0.4) is 0 Å². The molecule has 3 heterocycles. The maximum atomic E-state index is 14.7. The predicted octanol–water partition coefficient (Wildman–Crippen LogP) is 4.33. The Morgan fingerprint density at radius 3 is 2.28 bits per heavy atom. The lowest BCUT2D eigenvalue weighted by molar-refractivity contribution is -0.289. The van der Waals surface area contributed by atoms with Crippen LogP contribution in [0.1, 0.15) is 5.56 Å². The van der Waals surface area contributed by atoms with Crippen molar-refractivity contribution >= 4 is 27.6 Å². The molecular weight excluding hydrogens is 398 g/mol. The van der Waals surface area contributed by atoms with E-state index in [0.29, 0.717) is 30.5 Å². The Morgan fingerprint density at radius 1 is 0.931 bits per heavy atom. The van der Waals surface area contributed by atoms with Gasteiger partial charge in [0.2, 0.25) is 0 Å². The molecule has 4 rings (SSSR count). The molecule has 0 unspecified atom stereocenters. The fourth-order valence-electron chi connectivity index (χ4n) is 3.46. The number of aromatic nitrogens is 2. The molecule has 0 saturated carbocycles. The summed E-state index contributed by atoms with van der Waals surface area (Å²) in [7, 11) is 1.96. The molecule has 1 aromatic carbocycles. The van der Waals surface area contributed by atoms with Crippen molar-refractivity contribution in [3.63, 3.8) is 0 Å². The molecule has 1 fully saturated rings. The molecule has 0 radical (unpaired) electrons. The third-order valence-corrected chi connectivity index (χ3v) is 5.11. The Labute approximate surface area is 161 Å². The first-order chi connectivity index (χ1) is 13.6. The van der Waals surface area contributed by atoms with E-state index >= 15 is 0 Å². The highest BCUT2D eigenvalue weighted by molar-refractivity contribution is 6.08. The second-order valence-corrected chi connectivity index (χ2v) is 7.05. The van der Waals surface area contributed by atoms with Gasteiger partial charge in [0, 0.05) is 48.7 Å². The minimum Gasteiger partial charge on any atom is -0.352 e. The van der Waals surface area contributed by atoms with E-state index in [2.05, 4.69) is 14.9 Å². The lowest BCUT2D eigenvalue weighted by Gasteiger charge is -2.33. The summed E-state index contributed by atoms with van der Waals surface area (Å²) in [5.41, 5.74) is -1.40. The smallest absolute Gasteiger partial charge is 0.352 e. The van der Waals surface area contributed by atoms with Gasteiger partial charge in [0.1, 0.15) is 16.9 Å². The van der Waals surface area contributed by atoms with E-state index in [1.807, 2.05) is 11.9 Å². The van der Waals surface area contributed by atoms with Gasteiger partial charge in [0.15, 0.2) is 5.82 Å². The van der Waals surface area contributed by atoms with E-state index in [4.69, 9.17) is 0 Å². The second-order valence-electron chi connectivity index (χ2n) is 7.05. The summed E-state index contributed by atoms with van der Waals surface area (Å²) in [5.74, 6) is -6.04. The Morgan fingerprint density at radius 2 is 1.62 bits per heavy atom. The summed E-state index contributed by atoms with van der Waals surface area (Å²) in [5, 5.41) is 0.134. The van der Waals surface area contributed by atoms with Crippen molar-refractivity contribution in [1.82, 2.24) is 14.9 Å². The standard InChI is InChI=1S/C19H16F6N4/c1-28-5-7-29(8-6-28)17-16-12(3-2-4-26-16)13-9-11(10-14(20)15(13)27-17)18(21,22)19(23,24)25/h2-4,9-10H,5-8H2,1H3. The summed E-state index contributed by atoms with van der Waals surface area (Å²) in [6.07, 6.45) is -4.37. The van der Waals surface area contributed by atoms with Gasteiger partial charge < -0.3 is 9.80 Å². The average Bonchev–Trinajstić information content (AvgIpc) is 2.67. The van der Waals surface area contributed by atoms with Gasteiger partial charge in [-0.25, -0.2) is 9.37 Å². The van der Waals surface area contributed by atoms with Crippen LogP contribution in [0.4, 0.5) is 32.2 Å². The molecule has 0 atom stereocenters. The fraction of sp³-hybridized carbons (Fsp3) is 0.368. The summed E-state index contributed by atoms with van der Waals surface area (Å²) < 4.78 is 80.7. The Bertz CT molecular complexity index is 1070. The largest absolute Gasteiger partial charge is 0.458 e. The van der Waals surface area contributed by atoms with Crippen LogP contribution in [0.5, 0.6) is 0 Å². The van der Waals surface area contributed by atoms with Gasteiger partial charge >= 0.3 is 12.1 Å². The van der Waals surface area contributed by atoms with Crippen molar-refractivity contribution in [3.05, 3.63) is 41.8 Å². The van der Waals surface area contributed by atoms with Crippen molar-refractivity contribution in [2.45, 2.75) is 12.1 Å². The maximum Gasteiger partial charge on any atom is 0.458 e. The first-order valence-corrected chi connectivity index (χ1v) is 8.86. The monoisotopic (exact) mass is 414 g/mol. The molecule has 2 aromatic heterocycles. The number of alkyl halides is 5. The van der Waals surface area contributed by atoms with E-state index in [-0.39, 0.29) is 22.4 Å². The highest BCUT2D eigenvalue weighted by atomic mass is 19.4. The highest BCUT2D eigenvalue weighted by Crippen LogP contribution is 2.45. The molecule has 0 amide bonds. The number of nitrogens with zero attached hydrogens (tertiary/aromatic N) is 4. The van der Waals surface area contributed by atoms with Crippen molar-refractivity contribution < 1.29 is 26.3 Å². The van der Waals surface area contributed by atoms with E-state index in [0.717, 1.165) is 13.1 Å². The molecule has 154 valence electrons. The third kappa shape index (κ3) is 3.25. The first-order valence-electron chi connectivity index (χ1n) is 8.86. The minimum atomic E-state index is -5.84. The molecule has 4 nitrogen and oxygen atoms in total. The molecule has 0 spiro atoms. The quantitative estimate of drug-likeness (QED) is 0.462. The fourth-order valence-corrected chi connectivity index (χ4v) is 3.46. The third-order valence-electron chi connectivity index (χ3n) is 5.11. The topological polar surface area (TPSA) is 32.3 Å². The van der Waals surface area contributed by atoms with E-state index in [1.54, 1.807) is 0 Å². The van der Waals surface area contributed by atoms with Gasteiger partial charge in [0.05, 0.1) is 0 Å². The van der Waals surface area contributed by atoms with Crippen molar-refractivity contribution in [2.24, 2.45) is 0 Å². The van der Waals surface area contributed by atoms with Gasteiger partial charge in [-0.1, -0.05) is 6.07 Å². The van der Waals surface area contributed by atoms with Crippen molar-refractivity contribution in [1.29, 1.82) is 0 Å². The number of fused-ring (bicyclic) bond motifs is 3. The highest BCUT2D eigenvalue weighted by Gasteiger charge is 2.59. The lowest BCUT2D eigenvalue weighted by Crippen LogP contribution is -2.45. The SMILES string of the molecule is CN1CCN(c2nc3c(F)cc(C(F)(F)C(F)(F)F)cc3c3cccnc23)CC1. The van der Waals surface area contributed by atoms with Gasteiger partial charge in [0.25, 0.3) is 0 Å². The second kappa shape index (κ2) is 6.72. The summed E-state index contributed by atoms with van der Waals surface area (Å²) >= 11 is 0. The van der Waals surface area contributed by atoms with Gasteiger partial charge in [-0.15, -0.1) is 0 Å². The Balaban J connectivity index is 1.96. The zero-order valence-electron chi connectivity index (χ0n) is 15.3. The number of hydrogen-bond acceptors (Lipinski definition) is 4. The molecule has 0 aliphatic carbocycles. The molecule has 1 saturated heterocycles. The van der Waals surface area contributed by atoms with Crippen LogP contribution in [0.2, 0.25) is 0 Å².